The Balaban J connectivity index is 4.25. The molecule has 3 N–H and O–H groups in total. The summed E-state index contributed by atoms with van der Waals surface area (Å²) >= 11 is 0. The Morgan fingerprint density at radius 2 is 1.00 bits per heavy atom. The topological polar surface area (TPSA) is 105 Å². The zero-order chi connectivity index (χ0) is 44.3. The molecule has 0 bridgehead atoms. The number of amides is 1. The maximum absolute atomic E-state index is 12.9. The van der Waals surface area contributed by atoms with Crippen LogP contribution in [0.15, 0.2) is 60.8 Å². The lowest BCUT2D eigenvalue weighted by Gasteiger charge is -2.25. The van der Waals surface area contributed by atoms with Gasteiger partial charge in [-0.25, -0.2) is 4.57 Å². The number of likely N-dealkylation sites (N-methyl/N-ethyl adjacent to an activating group) is 1. The van der Waals surface area contributed by atoms with Crippen LogP contribution in [0.4, 0.5) is 0 Å². The monoisotopic (exact) mass is 864 g/mol. The predicted octanol–water partition coefficient (Wildman–Crippen LogP) is 14.2. The van der Waals surface area contributed by atoms with E-state index in [0.717, 1.165) is 64.2 Å². The molecule has 0 aliphatic heterocycles. The molecule has 0 spiro atoms. The number of phosphoric acid groups is 1. The van der Waals surface area contributed by atoms with Gasteiger partial charge in [-0.2, -0.15) is 0 Å². The van der Waals surface area contributed by atoms with E-state index < -0.39 is 20.0 Å². The number of aliphatic hydroxyl groups is 1. The molecule has 350 valence electrons. The van der Waals surface area contributed by atoms with E-state index in [1.807, 2.05) is 27.2 Å². The number of hydrogen-bond donors (Lipinski definition) is 3. The van der Waals surface area contributed by atoms with E-state index >= 15 is 0 Å². The summed E-state index contributed by atoms with van der Waals surface area (Å²) in [6.45, 7) is 4.69. The third-order valence-electron chi connectivity index (χ3n) is 10.7. The van der Waals surface area contributed by atoms with Gasteiger partial charge >= 0.3 is 7.82 Å². The number of carbonyl (C=O) groups excluding carboxylic acids is 1. The van der Waals surface area contributed by atoms with Crippen LogP contribution in [0.2, 0.25) is 0 Å². The summed E-state index contributed by atoms with van der Waals surface area (Å²) in [7, 11) is 1.57. The lowest BCUT2D eigenvalue weighted by atomic mass is 10.0. The molecule has 0 fully saturated rings. The minimum Gasteiger partial charge on any atom is -0.387 e. The second-order valence-corrected chi connectivity index (χ2v) is 19.3. The van der Waals surface area contributed by atoms with Gasteiger partial charge in [-0.15, -0.1) is 0 Å². The Bertz CT molecular complexity index is 1160. The van der Waals surface area contributed by atoms with Gasteiger partial charge in [0.25, 0.3) is 0 Å². The molecule has 0 aromatic rings. The van der Waals surface area contributed by atoms with Gasteiger partial charge in [0.15, 0.2) is 0 Å². The van der Waals surface area contributed by atoms with Crippen LogP contribution in [0, 0.1) is 0 Å². The van der Waals surface area contributed by atoms with Gasteiger partial charge in [0, 0.05) is 6.42 Å². The molecule has 0 aliphatic rings. The van der Waals surface area contributed by atoms with E-state index in [1.165, 1.54) is 122 Å². The van der Waals surface area contributed by atoms with Gasteiger partial charge in [0.1, 0.15) is 13.2 Å². The van der Waals surface area contributed by atoms with Gasteiger partial charge in [0.05, 0.1) is 39.9 Å². The third-order valence-corrected chi connectivity index (χ3v) is 11.7. The van der Waals surface area contributed by atoms with Gasteiger partial charge in [-0.3, -0.25) is 13.8 Å². The second-order valence-electron chi connectivity index (χ2n) is 17.8. The van der Waals surface area contributed by atoms with E-state index in [9.17, 15) is 19.4 Å². The lowest BCUT2D eigenvalue weighted by molar-refractivity contribution is -0.870. The lowest BCUT2D eigenvalue weighted by Crippen LogP contribution is -2.45. The summed E-state index contributed by atoms with van der Waals surface area (Å²) in [5.41, 5.74) is 0. The minimum absolute atomic E-state index is 0.0595. The average Bonchev–Trinajstić information content (AvgIpc) is 3.20. The molecule has 0 aromatic carbocycles. The molecule has 9 heteroatoms. The number of quaternary nitrogens is 1. The van der Waals surface area contributed by atoms with Crippen molar-refractivity contribution in [3.63, 3.8) is 0 Å². The molecular weight excluding hydrogens is 768 g/mol. The van der Waals surface area contributed by atoms with Crippen molar-refractivity contribution in [3.05, 3.63) is 60.8 Å². The zero-order valence-corrected chi connectivity index (χ0v) is 40.6. The van der Waals surface area contributed by atoms with Gasteiger partial charge in [0.2, 0.25) is 5.91 Å². The normalized spacial score (nSPS) is 14.7. The van der Waals surface area contributed by atoms with Crippen molar-refractivity contribution < 1.29 is 32.9 Å². The molecule has 3 atom stereocenters. The number of unbranched alkanes of at least 4 members (excludes halogenated alkanes) is 23. The largest absolute Gasteiger partial charge is 0.472 e. The quantitative estimate of drug-likeness (QED) is 0.0244. The number of rotatable bonds is 44. The maximum atomic E-state index is 12.9. The molecule has 3 unspecified atom stereocenters. The van der Waals surface area contributed by atoms with Crippen LogP contribution in [-0.2, 0) is 18.4 Å². The summed E-state index contributed by atoms with van der Waals surface area (Å²) in [5.74, 6) is -0.182. The smallest absolute Gasteiger partial charge is 0.387 e. The standard InChI is InChI=1S/C51H95N2O6P/c1-6-8-10-12-14-16-18-20-21-22-23-24-25-26-27-28-29-30-31-33-35-37-39-41-43-45-51(55)52-49(48-59-60(56,57)58-47-46-53(3,4)5)50(54)44-42-40-38-36-34-32-19-17-15-13-11-9-7-2/h8,10,14,16,20-21,23-24,42,44,49-50,54H,6-7,9,11-13,15,17-19,22,25-41,43,45-48H2,1-5H3,(H-,52,55,56,57)/p+1/b10-8-,16-14-,21-20-,24-23-,44-42+. The van der Waals surface area contributed by atoms with E-state index in [1.54, 1.807) is 6.08 Å². The highest BCUT2D eigenvalue weighted by molar-refractivity contribution is 7.47. The van der Waals surface area contributed by atoms with Crippen LogP contribution in [0.5, 0.6) is 0 Å². The average molecular weight is 864 g/mol. The van der Waals surface area contributed by atoms with Crippen molar-refractivity contribution in [2.45, 2.75) is 219 Å². The summed E-state index contributed by atoms with van der Waals surface area (Å²) in [4.78, 5) is 23.2. The molecule has 0 radical (unpaired) electrons. The van der Waals surface area contributed by atoms with E-state index in [0.29, 0.717) is 17.4 Å². The van der Waals surface area contributed by atoms with Crippen LogP contribution in [-0.4, -0.2) is 73.4 Å². The SMILES string of the molecule is CC/C=C\C/C=C\C/C=C\C/C=C\CCCCCCCCCCCCCCC(=O)NC(COP(=O)(O)OCC[N+](C)(C)C)C(O)/C=C/CCCCCCCCCCCCC. The summed E-state index contributed by atoms with van der Waals surface area (Å²) in [6.07, 6.45) is 55.8. The molecule has 0 saturated heterocycles. The Morgan fingerprint density at radius 3 is 1.47 bits per heavy atom. The third kappa shape index (κ3) is 44.3. The van der Waals surface area contributed by atoms with E-state index in [2.05, 4.69) is 67.8 Å². The number of nitrogens with one attached hydrogen (secondary N) is 1. The number of phosphoric ester groups is 1. The molecular formula is C51H96N2O6P+. The Kier molecular flexibility index (Phi) is 41.2. The molecule has 1 amide bonds. The van der Waals surface area contributed by atoms with Crippen molar-refractivity contribution >= 4 is 13.7 Å². The van der Waals surface area contributed by atoms with Crippen molar-refractivity contribution in [1.82, 2.24) is 5.32 Å². The Hall–Kier alpha value is -1.80. The zero-order valence-electron chi connectivity index (χ0n) is 39.7. The molecule has 0 aliphatic carbocycles. The first-order chi connectivity index (χ1) is 29.0. The van der Waals surface area contributed by atoms with Crippen LogP contribution < -0.4 is 5.32 Å². The highest BCUT2D eigenvalue weighted by Gasteiger charge is 2.27. The first-order valence-corrected chi connectivity index (χ1v) is 26.2. The predicted molar refractivity (Wildman–Crippen MR) is 258 cm³/mol. The second kappa shape index (κ2) is 42.5. The van der Waals surface area contributed by atoms with Crippen molar-refractivity contribution in [3.8, 4) is 0 Å². The van der Waals surface area contributed by atoms with Crippen molar-refractivity contribution in [2.24, 2.45) is 0 Å². The van der Waals surface area contributed by atoms with Crippen LogP contribution in [0.3, 0.4) is 0 Å². The molecule has 0 saturated carbocycles. The van der Waals surface area contributed by atoms with Crippen molar-refractivity contribution in [1.29, 1.82) is 0 Å². The minimum atomic E-state index is -4.34. The summed E-state index contributed by atoms with van der Waals surface area (Å²) < 4.78 is 23.6. The molecule has 0 rings (SSSR count). The number of hydrogen-bond acceptors (Lipinski definition) is 5. The fourth-order valence-electron chi connectivity index (χ4n) is 6.86. The summed E-state index contributed by atoms with van der Waals surface area (Å²) in [5, 5.41) is 13.8. The number of aliphatic hydroxyl groups excluding tert-OH is 1. The Morgan fingerprint density at radius 1 is 0.583 bits per heavy atom. The summed E-state index contributed by atoms with van der Waals surface area (Å²) in [6, 6.07) is -0.848. The molecule has 8 nitrogen and oxygen atoms in total. The van der Waals surface area contributed by atoms with Crippen LogP contribution in [0.25, 0.3) is 0 Å². The van der Waals surface area contributed by atoms with Crippen LogP contribution >= 0.6 is 7.82 Å². The Labute approximate surface area is 371 Å². The van der Waals surface area contributed by atoms with Gasteiger partial charge in [-0.05, 0) is 57.8 Å². The van der Waals surface area contributed by atoms with E-state index in [4.69, 9.17) is 9.05 Å². The highest BCUT2D eigenvalue weighted by Crippen LogP contribution is 2.43. The number of nitrogens with zero attached hydrogens (tertiary/aromatic N) is 1. The molecule has 0 aromatic heterocycles. The highest BCUT2D eigenvalue weighted by atomic mass is 31.2. The molecule has 0 heterocycles. The fraction of sp³-hybridized carbons (Fsp3) is 0.784. The number of allylic oxidation sites excluding steroid dienone is 9. The van der Waals surface area contributed by atoms with Crippen molar-refractivity contribution in [2.75, 3.05) is 40.9 Å². The first kappa shape index (κ1) is 58.2. The molecule has 60 heavy (non-hydrogen) atoms. The first-order valence-electron chi connectivity index (χ1n) is 24.7. The van der Waals surface area contributed by atoms with Crippen LogP contribution in [0.1, 0.15) is 206 Å². The van der Waals surface area contributed by atoms with E-state index in [-0.39, 0.29) is 19.1 Å². The van der Waals surface area contributed by atoms with Gasteiger partial charge in [-0.1, -0.05) is 203 Å². The number of carbonyl (C=O) groups is 1. The maximum Gasteiger partial charge on any atom is 0.472 e. The fourth-order valence-corrected chi connectivity index (χ4v) is 7.59. The van der Waals surface area contributed by atoms with Gasteiger partial charge < -0.3 is 19.8 Å².